The number of hydrogen-bond donors (Lipinski definition) is 1. The van der Waals surface area contributed by atoms with E-state index in [0.717, 1.165) is 18.5 Å². The van der Waals surface area contributed by atoms with Gasteiger partial charge in [-0.1, -0.05) is 25.1 Å². The standard InChI is InChI=1S/C18H23N5/c1-4-18(17-11-21-23(3)13-17)19-9-14-6-5-7-15(8-14)16-10-20-22(2)12-16/h5-8,10-13,18-19H,4,9H2,1-3H3/t18-/m0/s1. The number of aromatic nitrogens is 4. The Kier molecular flexibility index (Phi) is 4.57. The maximum Gasteiger partial charge on any atom is 0.0568 e. The zero-order valence-electron chi connectivity index (χ0n) is 13.9. The summed E-state index contributed by atoms with van der Waals surface area (Å²) in [7, 11) is 3.89. The van der Waals surface area contributed by atoms with E-state index in [4.69, 9.17) is 0 Å². The number of hydrogen-bond acceptors (Lipinski definition) is 3. The molecule has 5 nitrogen and oxygen atoms in total. The fraction of sp³-hybridized carbons (Fsp3) is 0.333. The van der Waals surface area contributed by atoms with Crippen molar-refractivity contribution in [3.05, 3.63) is 60.2 Å². The Morgan fingerprint density at radius 1 is 1.04 bits per heavy atom. The van der Waals surface area contributed by atoms with E-state index in [1.165, 1.54) is 16.7 Å². The molecule has 1 N–H and O–H groups in total. The molecule has 23 heavy (non-hydrogen) atoms. The van der Waals surface area contributed by atoms with E-state index in [1.54, 1.807) is 0 Å². The Hall–Kier alpha value is -2.40. The van der Waals surface area contributed by atoms with E-state index < -0.39 is 0 Å². The monoisotopic (exact) mass is 309 g/mol. The van der Waals surface area contributed by atoms with Crippen LogP contribution >= 0.6 is 0 Å². The third-order valence-electron chi connectivity index (χ3n) is 4.05. The molecule has 0 fully saturated rings. The van der Waals surface area contributed by atoms with Gasteiger partial charge in [0.15, 0.2) is 0 Å². The molecule has 0 bridgehead atoms. The Morgan fingerprint density at radius 3 is 2.48 bits per heavy atom. The molecular weight excluding hydrogens is 286 g/mol. The van der Waals surface area contributed by atoms with Crippen LogP contribution in [-0.4, -0.2) is 19.6 Å². The molecule has 0 aliphatic heterocycles. The van der Waals surface area contributed by atoms with E-state index in [-0.39, 0.29) is 0 Å². The smallest absolute Gasteiger partial charge is 0.0568 e. The van der Waals surface area contributed by atoms with Crippen LogP contribution in [-0.2, 0) is 20.6 Å². The molecule has 3 aromatic rings. The molecule has 0 amide bonds. The largest absolute Gasteiger partial charge is 0.306 e. The first-order valence-corrected chi connectivity index (χ1v) is 7.95. The van der Waals surface area contributed by atoms with Gasteiger partial charge in [0.2, 0.25) is 0 Å². The van der Waals surface area contributed by atoms with Crippen molar-refractivity contribution in [3.8, 4) is 11.1 Å². The molecule has 0 saturated heterocycles. The highest BCUT2D eigenvalue weighted by Crippen LogP contribution is 2.21. The van der Waals surface area contributed by atoms with Gasteiger partial charge in [0.1, 0.15) is 0 Å². The number of nitrogens with zero attached hydrogens (tertiary/aromatic N) is 4. The lowest BCUT2D eigenvalue weighted by Gasteiger charge is -2.15. The predicted octanol–water partition coefficient (Wildman–Crippen LogP) is 3.06. The van der Waals surface area contributed by atoms with Gasteiger partial charge in [0, 0.05) is 50.2 Å². The molecule has 5 heteroatoms. The van der Waals surface area contributed by atoms with Gasteiger partial charge in [-0.2, -0.15) is 10.2 Å². The van der Waals surface area contributed by atoms with Gasteiger partial charge >= 0.3 is 0 Å². The van der Waals surface area contributed by atoms with Crippen LogP contribution in [0.4, 0.5) is 0 Å². The van der Waals surface area contributed by atoms with Gasteiger partial charge in [-0.3, -0.25) is 9.36 Å². The van der Waals surface area contributed by atoms with E-state index in [0.29, 0.717) is 6.04 Å². The molecule has 0 aliphatic rings. The average molecular weight is 309 g/mol. The van der Waals surface area contributed by atoms with Crippen LogP contribution in [0, 0.1) is 0 Å². The summed E-state index contributed by atoms with van der Waals surface area (Å²) in [6.07, 6.45) is 8.99. The van der Waals surface area contributed by atoms with E-state index >= 15 is 0 Å². The molecule has 1 aromatic carbocycles. The highest BCUT2D eigenvalue weighted by atomic mass is 15.2. The maximum absolute atomic E-state index is 4.26. The Labute approximate surface area is 136 Å². The molecular formula is C18H23N5. The molecule has 120 valence electrons. The number of aryl methyl sites for hydroxylation is 2. The van der Waals surface area contributed by atoms with Crippen molar-refractivity contribution in [2.24, 2.45) is 14.1 Å². The van der Waals surface area contributed by atoms with E-state index in [9.17, 15) is 0 Å². The number of nitrogens with one attached hydrogen (secondary N) is 1. The van der Waals surface area contributed by atoms with Gasteiger partial charge in [0.25, 0.3) is 0 Å². The molecule has 0 spiro atoms. The first kappa shape index (κ1) is 15.5. The van der Waals surface area contributed by atoms with Crippen LogP contribution in [0.1, 0.15) is 30.5 Å². The fourth-order valence-electron chi connectivity index (χ4n) is 2.79. The predicted molar refractivity (Wildman–Crippen MR) is 91.7 cm³/mol. The molecule has 1 atom stereocenters. The Morgan fingerprint density at radius 2 is 1.83 bits per heavy atom. The van der Waals surface area contributed by atoms with Crippen molar-refractivity contribution in [3.63, 3.8) is 0 Å². The lowest BCUT2D eigenvalue weighted by molar-refractivity contribution is 0.518. The minimum absolute atomic E-state index is 0.325. The van der Waals surface area contributed by atoms with Crippen molar-refractivity contribution in [1.82, 2.24) is 24.9 Å². The Balaban J connectivity index is 1.70. The lowest BCUT2D eigenvalue weighted by Crippen LogP contribution is -2.19. The van der Waals surface area contributed by atoms with Crippen LogP contribution in [0.15, 0.2) is 49.1 Å². The van der Waals surface area contributed by atoms with Gasteiger partial charge in [-0.25, -0.2) is 0 Å². The molecule has 0 saturated carbocycles. The number of rotatable bonds is 6. The summed E-state index contributed by atoms with van der Waals surface area (Å²) in [4.78, 5) is 0. The summed E-state index contributed by atoms with van der Waals surface area (Å²) in [5.74, 6) is 0. The summed E-state index contributed by atoms with van der Waals surface area (Å²) in [6.45, 7) is 3.03. The first-order chi connectivity index (χ1) is 11.2. The molecule has 3 rings (SSSR count). The average Bonchev–Trinajstić information content (AvgIpc) is 3.17. The van der Waals surface area contributed by atoms with Crippen LogP contribution in [0.5, 0.6) is 0 Å². The van der Waals surface area contributed by atoms with Gasteiger partial charge in [-0.15, -0.1) is 0 Å². The third kappa shape index (κ3) is 3.68. The van der Waals surface area contributed by atoms with E-state index in [1.807, 2.05) is 42.0 Å². The summed E-state index contributed by atoms with van der Waals surface area (Å²) in [6, 6.07) is 8.93. The second-order valence-electron chi connectivity index (χ2n) is 5.89. The van der Waals surface area contributed by atoms with Crippen LogP contribution < -0.4 is 5.32 Å². The molecule has 0 unspecified atom stereocenters. The highest BCUT2D eigenvalue weighted by Gasteiger charge is 2.10. The van der Waals surface area contributed by atoms with Crippen molar-refractivity contribution in [1.29, 1.82) is 0 Å². The second-order valence-corrected chi connectivity index (χ2v) is 5.89. The summed E-state index contributed by atoms with van der Waals surface area (Å²) < 4.78 is 3.68. The minimum Gasteiger partial charge on any atom is -0.306 e. The summed E-state index contributed by atoms with van der Waals surface area (Å²) >= 11 is 0. The van der Waals surface area contributed by atoms with Crippen molar-refractivity contribution < 1.29 is 0 Å². The quantitative estimate of drug-likeness (QED) is 0.761. The third-order valence-corrected chi connectivity index (χ3v) is 4.05. The normalized spacial score (nSPS) is 12.5. The van der Waals surface area contributed by atoms with Crippen LogP contribution in [0.25, 0.3) is 11.1 Å². The zero-order chi connectivity index (χ0) is 16.2. The number of benzene rings is 1. The van der Waals surface area contributed by atoms with Gasteiger partial charge in [0.05, 0.1) is 12.4 Å². The van der Waals surface area contributed by atoms with Gasteiger partial charge in [-0.05, 0) is 23.6 Å². The van der Waals surface area contributed by atoms with Crippen LogP contribution in [0.3, 0.4) is 0 Å². The fourth-order valence-corrected chi connectivity index (χ4v) is 2.79. The van der Waals surface area contributed by atoms with Crippen molar-refractivity contribution in [2.75, 3.05) is 0 Å². The van der Waals surface area contributed by atoms with E-state index in [2.05, 4.69) is 52.9 Å². The van der Waals surface area contributed by atoms with Crippen molar-refractivity contribution in [2.45, 2.75) is 25.9 Å². The maximum atomic E-state index is 4.26. The summed E-state index contributed by atoms with van der Waals surface area (Å²) in [5, 5.41) is 12.1. The highest BCUT2D eigenvalue weighted by molar-refractivity contribution is 5.62. The SMILES string of the molecule is CC[C@H](NCc1cccc(-c2cnn(C)c2)c1)c1cnn(C)c1. The first-order valence-electron chi connectivity index (χ1n) is 7.95. The van der Waals surface area contributed by atoms with Crippen molar-refractivity contribution >= 4 is 0 Å². The second kappa shape index (κ2) is 6.79. The lowest BCUT2D eigenvalue weighted by atomic mass is 10.0. The topological polar surface area (TPSA) is 47.7 Å². The summed E-state index contributed by atoms with van der Waals surface area (Å²) in [5.41, 5.74) is 4.85. The van der Waals surface area contributed by atoms with Crippen LogP contribution in [0.2, 0.25) is 0 Å². The molecule has 0 aliphatic carbocycles. The molecule has 2 aromatic heterocycles. The zero-order valence-corrected chi connectivity index (χ0v) is 13.9. The van der Waals surface area contributed by atoms with Gasteiger partial charge < -0.3 is 5.32 Å². The molecule has 0 radical (unpaired) electrons. The minimum atomic E-state index is 0.325. The molecule has 2 heterocycles. The Bertz CT molecular complexity index is 771.